The largest absolute Gasteiger partial charge is 0.389 e. The minimum atomic E-state index is -0.644. The molecule has 120 valence electrons. The summed E-state index contributed by atoms with van der Waals surface area (Å²) in [5, 5.41) is 10.1. The first-order valence-electron chi connectivity index (χ1n) is 7.45. The van der Waals surface area contributed by atoms with E-state index in [1.54, 1.807) is 0 Å². The number of aromatic nitrogens is 2. The summed E-state index contributed by atoms with van der Waals surface area (Å²) < 4.78 is 7.05. The van der Waals surface area contributed by atoms with E-state index >= 15 is 0 Å². The minimum Gasteiger partial charge on any atom is -0.389 e. The van der Waals surface area contributed by atoms with Crippen LogP contribution in [0.3, 0.4) is 0 Å². The highest BCUT2D eigenvalue weighted by Crippen LogP contribution is 2.27. The molecule has 1 aromatic heterocycles. The molecule has 0 saturated heterocycles. The fourth-order valence-electron chi connectivity index (χ4n) is 2.69. The van der Waals surface area contributed by atoms with Gasteiger partial charge in [0.25, 0.3) is 5.56 Å². The van der Waals surface area contributed by atoms with Crippen molar-refractivity contribution in [3.63, 3.8) is 0 Å². The Morgan fingerprint density at radius 2 is 1.96 bits per heavy atom. The molecule has 0 amide bonds. The van der Waals surface area contributed by atoms with E-state index in [0.717, 1.165) is 11.1 Å². The molecule has 1 aromatic carbocycles. The van der Waals surface area contributed by atoms with Crippen molar-refractivity contribution in [1.82, 2.24) is 9.55 Å². The van der Waals surface area contributed by atoms with E-state index < -0.39 is 17.4 Å². The second-order valence-electron chi connectivity index (χ2n) is 5.56. The van der Waals surface area contributed by atoms with E-state index in [9.17, 15) is 14.7 Å². The van der Waals surface area contributed by atoms with Crippen LogP contribution >= 0.6 is 0 Å². The van der Waals surface area contributed by atoms with Crippen molar-refractivity contribution in [2.75, 3.05) is 6.61 Å². The van der Waals surface area contributed by atoms with E-state index in [1.807, 2.05) is 36.4 Å². The number of nitrogens with one attached hydrogen (secondary N) is 1. The van der Waals surface area contributed by atoms with Crippen LogP contribution in [0, 0.1) is 0 Å². The number of nitrogens with zero attached hydrogens (tertiary/aromatic N) is 1. The molecule has 0 spiro atoms. The number of aliphatic hydroxyl groups is 1. The molecule has 0 saturated carbocycles. The third-order valence-corrected chi connectivity index (χ3v) is 3.89. The summed E-state index contributed by atoms with van der Waals surface area (Å²) in [5.41, 5.74) is 0.913. The Morgan fingerprint density at radius 3 is 2.70 bits per heavy atom. The molecule has 1 aliphatic rings. The van der Waals surface area contributed by atoms with Crippen LogP contribution in [0.4, 0.5) is 0 Å². The standard InChI is InChI=1S/C17H18N2O4/c20-15-9-14(19-7-6-16(21)18-17(19)22)8-13(15)11-23-10-12-4-2-1-3-5-12/h1-8,14-15,20H,9-11H2,(H,18,21,22)/t14-,15+/m0/s1. The van der Waals surface area contributed by atoms with Gasteiger partial charge in [-0.05, 0) is 11.1 Å². The molecule has 0 radical (unpaired) electrons. The van der Waals surface area contributed by atoms with Crippen LogP contribution in [-0.4, -0.2) is 27.4 Å². The van der Waals surface area contributed by atoms with Crippen molar-refractivity contribution in [3.05, 3.63) is 80.6 Å². The Hall–Kier alpha value is -2.44. The van der Waals surface area contributed by atoms with E-state index in [1.165, 1.54) is 16.8 Å². The molecule has 0 unspecified atom stereocenters. The summed E-state index contributed by atoms with van der Waals surface area (Å²) >= 11 is 0. The molecule has 3 rings (SSSR count). The smallest absolute Gasteiger partial charge is 0.328 e. The molecule has 6 heteroatoms. The Labute approximate surface area is 132 Å². The second-order valence-corrected chi connectivity index (χ2v) is 5.56. The molecule has 2 atom stereocenters. The van der Waals surface area contributed by atoms with Gasteiger partial charge in [0.1, 0.15) is 0 Å². The van der Waals surface area contributed by atoms with Gasteiger partial charge in [0.05, 0.1) is 25.4 Å². The van der Waals surface area contributed by atoms with Crippen molar-refractivity contribution in [1.29, 1.82) is 0 Å². The number of H-pyrrole nitrogens is 1. The van der Waals surface area contributed by atoms with Gasteiger partial charge < -0.3 is 9.84 Å². The zero-order chi connectivity index (χ0) is 16.2. The van der Waals surface area contributed by atoms with Gasteiger partial charge in [-0.2, -0.15) is 0 Å². The monoisotopic (exact) mass is 314 g/mol. The number of allylic oxidation sites excluding steroid dienone is 1. The zero-order valence-electron chi connectivity index (χ0n) is 12.5. The highest BCUT2D eigenvalue weighted by atomic mass is 16.5. The fraction of sp³-hybridized carbons (Fsp3) is 0.294. The molecule has 1 aliphatic carbocycles. The number of benzene rings is 1. The Balaban J connectivity index is 1.65. The maximum Gasteiger partial charge on any atom is 0.328 e. The lowest BCUT2D eigenvalue weighted by molar-refractivity contribution is 0.117. The van der Waals surface area contributed by atoms with Gasteiger partial charge >= 0.3 is 5.69 Å². The van der Waals surface area contributed by atoms with Gasteiger partial charge in [0.2, 0.25) is 0 Å². The summed E-state index contributed by atoms with van der Waals surface area (Å²) in [6.07, 6.45) is 3.03. The molecule has 2 N–H and O–H groups in total. The van der Waals surface area contributed by atoms with Gasteiger partial charge in [-0.15, -0.1) is 0 Å². The summed E-state index contributed by atoms with van der Waals surface area (Å²) in [6, 6.07) is 10.8. The van der Waals surface area contributed by atoms with Crippen LogP contribution < -0.4 is 11.2 Å². The van der Waals surface area contributed by atoms with Crippen molar-refractivity contribution in [2.45, 2.75) is 25.2 Å². The first kappa shape index (κ1) is 15.5. The number of ether oxygens (including phenoxy) is 1. The van der Waals surface area contributed by atoms with Gasteiger partial charge in [0.15, 0.2) is 0 Å². The maximum absolute atomic E-state index is 11.8. The highest BCUT2D eigenvalue weighted by Gasteiger charge is 2.26. The first-order valence-corrected chi connectivity index (χ1v) is 7.45. The number of hydrogen-bond acceptors (Lipinski definition) is 4. The number of aliphatic hydroxyl groups excluding tert-OH is 1. The topological polar surface area (TPSA) is 84.3 Å². The predicted octanol–water partition coefficient (Wildman–Crippen LogP) is 0.985. The lowest BCUT2D eigenvalue weighted by Crippen LogP contribution is -2.30. The summed E-state index contributed by atoms with van der Waals surface area (Å²) in [4.78, 5) is 25.1. The molecular formula is C17H18N2O4. The average Bonchev–Trinajstić information content (AvgIpc) is 2.89. The molecule has 1 heterocycles. The van der Waals surface area contributed by atoms with E-state index in [2.05, 4.69) is 4.98 Å². The molecule has 6 nitrogen and oxygen atoms in total. The number of rotatable bonds is 5. The quantitative estimate of drug-likeness (QED) is 0.806. The fourth-order valence-corrected chi connectivity index (χ4v) is 2.69. The van der Waals surface area contributed by atoms with Crippen LogP contribution in [0.15, 0.2) is 63.8 Å². The molecule has 2 aromatic rings. The van der Waals surface area contributed by atoms with E-state index in [4.69, 9.17) is 4.74 Å². The Bertz CT molecular complexity index is 807. The van der Waals surface area contributed by atoms with Gasteiger partial charge in [-0.25, -0.2) is 4.79 Å². The van der Waals surface area contributed by atoms with Crippen molar-refractivity contribution in [3.8, 4) is 0 Å². The molecule has 23 heavy (non-hydrogen) atoms. The Kier molecular flexibility index (Phi) is 4.55. The lowest BCUT2D eigenvalue weighted by Gasteiger charge is -2.11. The third kappa shape index (κ3) is 3.67. The molecule has 0 aliphatic heterocycles. The third-order valence-electron chi connectivity index (χ3n) is 3.89. The van der Waals surface area contributed by atoms with Crippen LogP contribution in [0.2, 0.25) is 0 Å². The van der Waals surface area contributed by atoms with E-state index in [-0.39, 0.29) is 6.04 Å². The van der Waals surface area contributed by atoms with Gasteiger partial charge in [-0.1, -0.05) is 36.4 Å². The Morgan fingerprint density at radius 1 is 1.17 bits per heavy atom. The second kappa shape index (κ2) is 6.76. The van der Waals surface area contributed by atoms with Gasteiger partial charge in [-0.3, -0.25) is 14.3 Å². The minimum absolute atomic E-state index is 0.273. The molecular weight excluding hydrogens is 296 g/mol. The summed E-state index contributed by atoms with van der Waals surface area (Å²) in [6.45, 7) is 0.777. The summed E-state index contributed by atoms with van der Waals surface area (Å²) in [5.74, 6) is 0. The number of aromatic amines is 1. The van der Waals surface area contributed by atoms with Crippen molar-refractivity contribution < 1.29 is 9.84 Å². The number of hydrogen-bond donors (Lipinski definition) is 2. The predicted molar refractivity (Wildman–Crippen MR) is 85.2 cm³/mol. The van der Waals surface area contributed by atoms with E-state index in [0.29, 0.717) is 19.6 Å². The van der Waals surface area contributed by atoms with Crippen LogP contribution in [0.1, 0.15) is 18.0 Å². The van der Waals surface area contributed by atoms with Gasteiger partial charge in [0, 0.05) is 18.7 Å². The zero-order valence-corrected chi connectivity index (χ0v) is 12.5. The van der Waals surface area contributed by atoms with Crippen LogP contribution in [0.25, 0.3) is 0 Å². The first-order chi connectivity index (χ1) is 11.1. The summed E-state index contributed by atoms with van der Waals surface area (Å²) in [7, 11) is 0. The van der Waals surface area contributed by atoms with Crippen LogP contribution in [0.5, 0.6) is 0 Å². The van der Waals surface area contributed by atoms with Crippen molar-refractivity contribution in [2.24, 2.45) is 0 Å². The van der Waals surface area contributed by atoms with Crippen LogP contribution in [-0.2, 0) is 11.3 Å². The maximum atomic E-state index is 11.8. The molecule has 0 fully saturated rings. The lowest BCUT2D eigenvalue weighted by atomic mass is 10.2. The normalized spacial score (nSPS) is 20.5. The average molecular weight is 314 g/mol. The van der Waals surface area contributed by atoms with Crippen molar-refractivity contribution >= 4 is 0 Å². The molecule has 0 bridgehead atoms. The SMILES string of the molecule is O=c1ccn([C@H]2C=C(COCc3ccccc3)[C@H](O)C2)c(=O)[nH]1. The highest BCUT2D eigenvalue weighted by molar-refractivity contribution is 5.20.